The highest BCUT2D eigenvalue weighted by atomic mass is 32.2. The molecule has 2 aromatic heterocycles. The van der Waals surface area contributed by atoms with Gasteiger partial charge in [0.25, 0.3) is 5.56 Å². The molecule has 0 unspecified atom stereocenters. The van der Waals surface area contributed by atoms with Crippen LogP contribution in [-0.4, -0.2) is 26.4 Å². The molecule has 3 aromatic rings. The number of hydrogen-bond donors (Lipinski definition) is 0. The number of ether oxygens (including phenoxy) is 1. The van der Waals surface area contributed by atoms with Gasteiger partial charge in [-0.05, 0) is 31.7 Å². The minimum absolute atomic E-state index is 0.0525. The Balaban J connectivity index is 1.86. The Morgan fingerprint density at radius 2 is 2.00 bits per heavy atom. The molecule has 0 spiro atoms. The van der Waals surface area contributed by atoms with E-state index in [0.29, 0.717) is 29.3 Å². The van der Waals surface area contributed by atoms with Gasteiger partial charge in [-0.2, -0.15) is 0 Å². The maximum absolute atomic E-state index is 13.2. The maximum atomic E-state index is 13.2. The first-order valence-electron chi connectivity index (χ1n) is 8.62. The van der Waals surface area contributed by atoms with Crippen molar-refractivity contribution in [2.24, 2.45) is 0 Å². The molecule has 5 nitrogen and oxygen atoms in total. The monoisotopic (exact) mass is 367 g/mol. The second kappa shape index (κ2) is 6.52. The van der Waals surface area contributed by atoms with Crippen LogP contribution in [0, 0.1) is 0 Å². The van der Waals surface area contributed by atoms with Crippen molar-refractivity contribution in [3.05, 3.63) is 63.6 Å². The van der Waals surface area contributed by atoms with Crippen molar-refractivity contribution in [3.8, 4) is 0 Å². The Hall–Kier alpha value is -2.18. The Kier molecular flexibility index (Phi) is 4.32. The quantitative estimate of drug-likeness (QED) is 0.524. The molecule has 134 valence electrons. The average Bonchev–Trinajstić information content (AvgIpc) is 2.63. The van der Waals surface area contributed by atoms with Gasteiger partial charge in [0.15, 0.2) is 10.8 Å². The number of aromatic nitrogens is 3. The third-order valence-electron chi connectivity index (χ3n) is 4.66. The normalized spacial score (nSPS) is 15.8. The lowest BCUT2D eigenvalue weighted by Gasteiger charge is -2.31. The first kappa shape index (κ1) is 17.2. The lowest BCUT2D eigenvalue weighted by Crippen LogP contribution is -2.33. The van der Waals surface area contributed by atoms with Gasteiger partial charge in [0.1, 0.15) is 0 Å². The zero-order valence-electron chi connectivity index (χ0n) is 15.2. The summed E-state index contributed by atoms with van der Waals surface area (Å²) in [5.41, 5.74) is 3.27. The van der Waals surface area contributed by atoms with E-state index in [1.54, 1.807) is 4.57 Å². The fraction of sp³-hybridized carbons (Fsp3) is 0.350. The Morgan fingerprint density at radius 3 is 2.73 bits per heavy atom. The van der Waals surface area contributed by atoms with Gasteiger partial charge >= 0.3 is 0 Å². The fourth-order valence-corrected chi connectivity index (χ4v) is 3.82. The minimum atomic E-state index is -0.238. The standard InChI is InChI=1S/C20H21N3O2S/c1-20(2)10-16-14(12-25-20)9-15-17(21-16)22-19(26-3)23(18(15)24)11-13-7-5-4-6-8-13/h4-9H,10-12H2,1-3H3. The fourth-order valence-electron chi connectivity index (χ4n) is 3.27. The Labute approximate surface area is 156 Å². The number of fused-ring (bicyclic) bond motifs is 2. The van der Waals surface area contributed by atoms with Crippen LogP contribution in [0.4, 0.5) is 0 Å². The van der Waals surface area contributed by atoms with Gasteiger partial charge in [0.2, 0.25) is 0 Å². The topological polar surface area (TPSA) is 57.0 Å². The highest BCUT2D eigenvalue weighted by Crippen LogP contribution is 2.28. The molecule has 0 bridgehead atoms. The van der Waals surface area contributed by atoms with Crippen molar-refractivity contribution in [2.45, 2.75) is 44.2 Å². The smallest absolute Gasteiger partial charge is 0.264 e. The molecular formula is C20H21N3O2S. The predicted molar refractivity (Wildman–Crippen MR) is 104 cm³/mol. The van der Waals surface area contributed by atoms with Crippen LogP contribution < -0.4 is 5.56 Å². The molecule has 0 radical (unpaired) electrons. The summed E-state index contributed by atoms with van der Waals surface area (Å²) in [7, 11) is 0. The van der Waals surface area contributed by atoms with Crippen LogP contribution in [0.5, 0.6) is 0 Å². The third-order valence-corrected chi connectivity index (χ3v) is 5.33. The van der Waals surface area contributed by atoms with Gasteiger partial charge in [-0.1, -0.05) is 42.1 Å². The third kappa shape index (κ3) is 3.15. The SMILES string of the molecule is CSc1nc2nc3c(cc2c(=O)n1Cc1ccccc1)COC(C)(C)C3. The second-order valence-corrected chi connectivity index (χ2v) is 7.94. The molecule has 4 rings (SSSR count). The Bertz CT molecular complexity index is 1030. The van der Waals surface area contributed by atoms with Gasteiger partial charge in [0, 0.05) is 12.0 Å². The van der Waals surface area contributed by atoms with Crippen LogP contribution in [-0.2, 0) is 24.3 Å². The van der Waals surface area contributed by atoms with Crippen molar-refractivity contribution in [1.29, 1.82) is 0 Å². The molecule has 0 amide bonds. The number of nitrogens with zero attached hydrogens (tertiary/aromatic N) is 3. The van der Waals surface area contributed by atoms with E-state index in [9.17, 15) is 4.79 Å². The predicted octanol–water partition coefficient (Wildman–Crippen LogP) is 3.41. The van der Waals surface area contributed by atoms with Crippen molar-refractivity contribution in [3.63, 3.8) is 0 Å². The largest absolute Gasteiger partial charge is 0.370 e. The van der Waals surface area contributed by atoms with Crippen molar-refractivity contribution in [2.75, 3.05) is 6.26 Å². The van der Waals surface area contributed by atoms with E-state index in [0.717, 1.165) is 23.2 Å². The molecule has 0 fully saturated rings. The number of benzene rings is 1. The molecule has 26 heavy (non-hydrogen) atoms. The summed E-state index contributed by atoms with van der Waals surface area (Å²) in [5.74, 6) is 0. The first-order valence-corrected chi connectivity index (χ1v) is 9.84. The van der Waals surface area contributed by atoms with E-state index in [-0.39, 0.29) is 11.2 Å². The minimum Gasteiger partial charge on any atom is -0.370 e. The molecule has 0 N–H and O–H groups in total. The van der Waals surface area contributed by atoms with Crippen molar-refractivity contribution < 1.29 is 4.74 Å². The number of hydrogen-bond acceptors (Lipinski definition) is 5. The van der Waals surface area contributed by atoms with Gasteiger partial charge in [0.05, 0.1) is 29.8 Å². The summed E-state index contributed by atoms with van der Waals surface area (Å²) in [6.07, 6.45) is 2.66. The van der Waals surface area contributed by atoms with E-state index < -0.39 is 0 Å². The summed E-state index contributed by atoms with van der Waals surface area (Å²) >= 11 is 1.47. The van der Waals surface area contributed by atoms with E-state index in [1.807, 2.05) is 42.7 Å². The van der Waals surface area contributed by atoms with Crippen LogP contribution in [0.3, 0.4) is 0 Å². The molecule has 1 aliphatic heterocycles. The number of pyridine rings is 1. The molecule has 0 saturated carbocycles. The van der Waals surface area contributed by atoms with Crippen LogP contribution in [0.25, 0.3) is 11.0 Å². The summed E-state index contributed by atoms with van der Waals surface area (Å²) in [4.78, 5) is 22.5. The van der Waals surface area contributed by atoms with Gasteiger partial charge in [-0.3, -0.25) is 9.36 Å². The highest BCUT2D eigenvalue weighted by Gasteiger charge is 2.28. The molecule has 6 heteroatoms. The summed E-state index contributed by atoms with van der Waals surface area (Å²) < 4.78 is 7.60. The van der Waals surface area contributed by atoms with E-state index >= 15 is 0 Å². The highest BCUT2D eigenvalue weighted by molar-refractivity contribution is 7.98. The van der Waals surface area contributed by atoms with Gasteiger partial charge in [-0.15, -0.1) is 0 Å². The van der Waals surface area contributed by atoms with E-state index in [1.165, 1.54) is 11.8 Å². The molecule has 0 atom stereocenters. The Morgan fingerprint density at radius 1 is 1.23 bits per heavy atom. The first-order chi connectivity index (χ1) is 12.5. The average molecular weight is 367 g/mol. The van der Waals surface area contributed by atoms with Crippen LogP contribution in [0.15, 0.2) is 46.3 Å². The van der Waals surface area contributed by atoms with Crippen LogP contribution in [0.1, 0.15) is 30.7 Å². The number of rotatable bonds is 3. The molecule has 0 saturated heterocycles. The zero-order chi connectivity index (χ0) is 18.3. The van der Waals surface area contributed by atoms with Crippen molar-refractivity contribution in [1.82, 2.24) is 14.5 Å². The lowest BCUT2D eigenvalue weighted by molar-refractivity contribution is -0.0411. The molecule has 1 aliphatic rings. The summed E-state index contributed by atoms with van der Waals surface area (Å²) in [5, 5.41) is 1.24. The zero-order valence-corrected chi connectivity index (χ0v) is 16.0. The van der Waals surface area contributed by atoms with E-state index in [2.05, 4.69) is 18.8 Å². The van der Waals surface area contributed by atoms with Crippen LogP contribution >= 0.6 is 11.8 Å². The summed E-state index contributed by atoms with van der Waals surface area (Å²) in [6, 6.07) is 11.9. The molecule has 3 heterocycles. The van der Waals surface area contributed by atoms with Crippen molar-refractivity contribution >= 4 is 22.8 Å². The maximum Gasteiger partial charge on any atom is 0.264 e. The number of thioether (sulfide) groups is 1. The lowest BCUT2D eigenvalue weighted by atomic mass is 9.95. The second-order valence-electron chi connectivity index (χ2n) is 7.17. The van der Waals surface area contributed by atoms with Crippen LogP contribution in [0.2, 0.25) is 0 Å². The van der Waals surface area contributed by atoms with E-state index in [4.69, 9.17) is 9.72 Å². The summed E-state index contributed by atoms with van der Waals surface area (Å²) in [6.45, 7) is 5.09. The van der Waals surface area contributed by atoms with Gasteiger partial charge in [-0.25, -0.2) is 9.97 Å². The molecule has 0 aliphatic carbocycles. The van der Waals surface area contributed by atoms with Gasteiger partial charge < -0.3 is 4.74 Å². The molecule has 1 aromatic carbocycles. The molecular weight excluding hydrogens is 346 g/mol.